The third-order valence-electron chi connectivity index (χ3n) is 6.19. The second-order valence-corrected chi connectivity index (χ2v) is 7.58. The smallest absolute Gasteiger partial charge is 0.159 e. The number of hydrogen-bond donors (Lipinski definition) is 0. The third-order valence-corrected chi connectivity index (χ3v) is 6.19. The fourth-order valence-electron chi connectivity index (χ4n) is 4.73. The van der Waals surface area contributed by atoms with Gasteiger partial charge in [0.05, 0.1) is 0 Å². The van der Waals surface area contributed by atoms with E-state index in [1.807, 2.05) is 6.08 Å². The lowest BCUT2D eigenvalue weighted by atomic mass is 9.68. The molecule has 0 amide bonds. The molecule has 2 aliphatic rings. The van der Waals surface area contributed by atoms with Gasteiger partial charge in [-0.3, -0.25) is 0 Å². The van der Waals surface area contributed by atoms with E-state index in [4.69, 9.17) is 0 Å². The average Bonchev–Trinajstić information content (AvgIpc) is 2.63. The average molecular weight is 330 g/mol. The van der Waals surface area contributed by atoms with Gasteiger partial charge >= 0.3 is 0 Å². The largest absolute Gasteiger partial charge is 0.204 e. The summed E-state index contributed by atoms with van der Waals surface area (Å²) in [7, 11) is 0. The molecule has 1 aromatic carbocycles. The molecule has 0 nitrogen and oxygen atoms in total. The molecule has 2 aliphatic carbocycles. The Balaban J connectivity index is 1.49. The van der Waals surface area contributed by atoms with Gasteiger partial charge in [0.15, 0.2) is 11.6 Å². The maximum Gasteiger partial charge on any atom is 0.159 e. The summed E-state index contributed by atoms with van der Waals surface area (Å²) in [5, 5.41) is 0. The molecule has 0 radical (unpaired) electrons. The van der Waals surface area contributed by atoms with Crippen LogP contribution in [0.3, 0.4) is 0 Å². The van der Waals surface area contributed by atoms with Crippen LogP contribution in [0.2, 0.25) is 0 Å². The molecule has 0 spiro atoms. The Morgan fingerprint density at radius 3 is 2.04 bits per heavy atom. The molecular weight excluding hydrogens is 302 g/mol. The lowest BCUT2D eigenvalue weighted by molar-refractivity contribution is 0.171. The second-order valence-electron chi connectivity index (χ2n) is 7.58. The predicted octanol–water partition coefficient (Wildman–Crippen LogP) is 6.79. The standard InChI is InChI=1S/C22H28F2/c1-2-3-4-16-5-7-17(8-6-16)18-9-11-19(12-10-18)20-13-14-21(23)22(24)15-20/h2-4,13-19H,1,5-12H2/b4-3+. The molecule has 130 valence electrons. The van der Waals surface area contributed by atoms with E-state index in [0.717, 1.165) is 36.2 Å². The minimum atomic E-state index is -0.741. The van der Waals surface area contributed by atoms with Crippen molar-refractivity contribution in [2.24, 2.45) is 17.8 Å². The predicted molar refractivity (Wildman–Crippen MR) is 95.8 cm³/mol. The first-order valence-electron chi connectivity index (χ1n) is 9.41. The summed E-state index contributed by atoms with van der Waals surface area (Å²) in [6.45, 7) is 3.74. The Bertz CT molecular complexity index is 574. The van der Waals surface area contributed by atoms with Gasteiger partial charge in [0.25, 0.3) is 0 Å². The van der Waals surface area contributed by atoms with Crippen LogP contribution in [-0.4, -0.2) is 0 Å². The summed E-state index contributed by atoms with van der Waals surface area (Å²) in [6.07, 6.45) is 16.3. The molecule has 0 heterocycles. The summed E-state index contributed by atoms with van der Waals surface area (Å²) >= 11 is 0. The summed E-state index contributed by atoms with van der Waals surface area (Å²) < 4.78 is 26.5. The van der Waals surface area contributed by atoms with E-state index in [-0.39, 0.29) is 0 Å². The second kappa shape index (κ2) is 8.09. The summed E-state index contributed by atoms with van der Waals surface area (Å²) in [5.74, 6) is 1.39. The van der Waals surface area contributed by atoms with Gasteiger partial charge in [-0.25, -0.2) is 8.78 Å². The molecule has 0 aromatic heterocycles. The number of halogens is 2. The molecule has 3 rings (SSSR count). The summed E-state index contributed by atoms with van der Waals surface area (Å²) in [6, 6.07) is 4.44. The van der Waals surface area contributed by atoms with Crippen molar-refractivity contribution in [3.8, 4) is 0 Å². The van der Waals surface area contributed by atoms with Crippen LogP contribution in [0.5, 0.6) is 0 Å². The minimum absolute atomic E-state index is 0.406. The highest BCUT2D eigenvalue weighted by Crippen LogP contribution is 2.44. The number of allylic oxidation sites excluding steroid dienone is 3. The zero-order valence-corrected chi connectivity index (χ0v) is 14.4. The van der Waals surface area contributed by atoms with E-state index in [0.29, 0.717) is 5.92 Å². The van der Waals surface area contributed by atoms with Crippen molar-refractivity contribution >= 4 is 0 Å². The lowest BCUT2D eigenvalue weighted by Gasteiger charge is -2.37. The molecule has 0 saturated heterocycles. The highest BCUT2D eigenvalue weighted by molar-refractivity contribution is 5.22. The SMILES string of the molecule is C=C/C=C/C1CCC(C2CCC(c3ccc(F)c(F)c3)CC2)CC1. The molecule has 0 aliphatic heterocycles. The van der Waals surface area contributed by atoms with Crippen LogP contribution in [0.1, 0.15) is 62.8 Å². The Labute approximate surface area is 144 Å². The highest BCUT2D eigenvalue weighted by atomic mass is 19.2. The molecule has 0 unspecified atom stereocenters. The normalized spacial score (nSPS) is 31.2. The fourth-order valence-corrected chi connectivity index (χ4v) is 4.73. The van der Waals surface area contributed by atoms with Crippen molar-refractivity contribution in [1.29, 1.82) is 0 Å². The van der Waals surface area contributed by atoms with Crippen LogP contribution in [0.4, 0.5) is 8.78 Å². The number of hydrogen-bond acceptors (Lipinski definition) is 0. The molecule has 2 heteroatoms. The van der Waals surface area contributed by atoms with Crippen molar-refractivity contribution in [2.75, 3.05) is 0 Å². The van der Waals surface area contributed by atoms with E-state index in [9.17, 15) is 8.78 Å². The van der Waals surface area contributed by atoms with Gasteiger partial charge in [-0.15, -0.1) is 0 Å². The number of benzene rings is 1. The minimum Gasteiger partial charge on any atom is -0.204 e. The van der Waals surface area contributed by atoms with Crippen LogP contribution in [0, 0.1) is 29.4 Å². The van der Waals surface area contributed by atoms with Crippen molar-refractivity contribution in [3.05, 3.63) is 60.2 Å². The Hall–Kier alpha value is -1.44. The highest BCUT2D eigenvalue weighted by Gasteiger charge is 2.30. The topological polar surface area (TPSA) is 0 Å². The summed E-state index contributed by atoms with van der Waals surface area (Å²) in [5.41, 5.74) is 0.977. The van der Waals surface area contributed by atoms with Gasteiger partial charge in [0.2, 0.25) is 0 Å². The number of rotatable bonds is 4. The molecule has 2 saturated carbocycles. The lowest BCUT2D eigenvalue weighted by Crippen LogP contribution is -2.25. The van der Waals surface area contributed by atoms with E-state index in [1.54, 1.807) is 6.07 Å². The molecule has 0 atom stereocenters. The molecule has 0 bridgehead atoms. The molecule has 24 heavy (non-hydrogen) atoms. The first kappa shape index (κ1) is 17.4. The van der Waals surface area contributed by atoms with Crippen LogP contribution in [0.25, 0.3) is 0 Å². The molecule has 0 N–H and O–H groups in total. The maximum atomic E-state index is 13.4. The van der Waals surface area contributed by atoms with Crippen LogP contribution >= 0.6 is 0 Å². The monoisotopic (exact) mass is 330 g/mol. The van der Waals surface area contributed by atoms with Crippen LogP contribution in [-0.2, 0) is 0 Å². The van der Waals surface area contributed by atoms with E-state index < -0.39 is 11.6 Å². The zero-order chi connectivity index (χ0) is 16.9. The molecule has 1 aromatic rings. The van der Waals surface area contributed by atoms with Gasteiger partial charge < -0.3 is 0 Å². The van der Waals surface area contributed by atoms with Gasteiger partial charge in [-0.1, -0.05) is 30.9 Å². The van der Waals surface area contributed by atoms with Crippen molar-refractivity contribution in [1.82, 2.24) is 0 Å². The van der Waals surface area contributed by atoms with E-state index >= 15 is 0 Å². The van der Waals surface area contributed by atoms with E-state index in [1.165, 1.54) is 50.7 Å². The summed E-state index contributed by atoms with van der Waals surface area (Å²) in [4.78, 5) is 0. The van der Waals surface area contributed by atoms with Crippen molar-refractivity contribution < 1.29 is 8.78 Å². The van der Waals surface area contributed by atoms with Crippen molar-refractivity contribution in [3.63, 3.8) is 0 Å². The first-order chi connectivity index (χ1) is 11.7. The van der Waals surface area contributed by atoms with E-state index in [2.05, 4.69) is 18.7 Å². The Morgan fingerprint density at radius 2 is 1.46 bits per heavy atom. The zero-order valence-electron chi connectivity index (χ0n) is 14.4. The van der Waals surface area contributed by atoms with Crippen molar-refractivity contribution in [2.45, 2.75) is 57.3 Å². The van der Waals surface area contributed by atoms with Crippen LogP contribution in [0.15, 0.2) is 43.0 Å². The van der Waals surface area contributed by atoms with Gasteiger partial charge in [0.1, 0.15) is 0 Å². The van der Waals surface area contributed by atoms with Gasteiger partial charge in [0, 0.05) is 0 Å². The van der Waals surface area contributed by atoms with Crippen LogP contribution < -0.4 is 0 Å². The quantitative estimate of drug-likeness (QED) is 0.533. The Morgan fingerprint density at radius 1 is 0.833 bits per heavy atom. The molecular formula is C22H28F2. The fraction of sp³-hybridized carbons (Fsp3) is 0.545. The maximum absolute atomic E-state index is 13.4. The Kier molecular flexibility index (Phi) is 5.86. The third kappa shape index (κ3) is 4.15. The van der Waals surface area contributed by atoms with Gasteiger partial charge in [-0.05, 0) is 92.7 Å². The first-order valence-corrected chi connectivity index (χ1v) is 9.41. The molecule has 2 fully saturated rings. The van der Waals surface area contributed by atoms with Gasteiger partial charge in [-0.2, -0.15) is 0 Å².